The van der Waals surface area contributed by atoms with E-state index in [0.29, 0.717) is 11.3 Å². The summed E-state index contributed by atoms with van der Waals surface area (Å²) in [5.41, 5.74) is 5.49. The number of hydrogen-bond acceptors (Lipinski definition) is 11. The fraction of sp³-hybridized carbons (Fsp3) is 0.577. The van der Waals surface area contributed by atoms with Gasteiger partial charge in [0, 0.05) is 36.3 Å². The van der Waals surface area contributed by atoms with Gasteiger partial charge in [0.2, 0.25) is 0 Å². The highest BCUT2D eigenvalue weighted by Gasteiger charge is 2.54. The number of aromatic nitrogens is 1. The molecule has 0 spiro atoms. The van der Waals surface area contributed by atoms with Crippen LogP contribution in [0.1, 0.15) is 57.1 Å². The molecule has 0 unspecified atom stereocenters. The van der Waals surface area contributed by atoms with Crippen LogP contribution in [0.25, 0.3) is 0 Å². The SMILES string of the molecule is C1CCC(NCCNC2CCCC2)C1.C=CC1=C(C(=O)O)N2C(=O)[C@@H](NC(=O)/C(=N\O)c3csc(N)n3)[C@H]2SC1. The number of carboxylic acid groups (broad SMARTS) is 1. The highest BCUT2D eigenvalue weighted by Crippen LogP contribution is 2.40. The van der Waals surface area contributed by atoms with Crippen LogP contribution in [0, 0.1) is 0 Å². The molecule has 2 atom stereocenters. The number of fused-ring (bicyclic) bond motifs is 1. The first-order chi connectivity index (χ1) is 19.3. The van der Waals surface area contributed by atoms with E-state index in [1.165, 1.54) is 87.7 Å². The number of carboxylic acids is 1. The summed E-state index contributed by atoms with van der Waals surface area (Å²) in [5.74, 6) is -2.27. The Morgan fingerprint density at radius 1 is 1.15 bits per heavy atom. The smallest absolute Gasteiger partial charge is 0.352 e. The van der Waals surface area contributed by atoms with E-state index in [2.05, 4.69) is 32.7 Å². The third-order valence-electron chi connectivity index (χ3n) is 7.51. The van der Waals surface area contributed by atoms with Gasteiger partial charge >= 0.3 is 5.97 Å². The summed E-state index contributed by atoms with van der Waals surface area (Å²) >= 11 is 2.37. The number of anilines is 1. The minimum atomic E-state index is -1.24. The lowest BCUT2D eigenvalue weighted by Gasteiger charge is -2.49. The number of nitrogens with zero attached hydrogens (tertiary/aromatic N) is 3. The summed E-state index contributed by atoms with van der Waals surface area (Å²) in [6.45, 7) is 5.90. The van der Waals surface area contributed by atoms with Crippen molar-refractivity contribution < 1.29 is 24.7 Å². The molecule has 0 aromatic carbocycles. The summed E-state index contributed by atoms with van der Waals surface area (Å²) in [4.78, 5) is 41.2. The van der Waals surface area contributed by atoms with Crippen molar-refractivity contribution in [1.29, 1.82) is 0 Å². The van der Waals surface area contributed by atoms with Crippen LogP contribution in [0.3, 0.4) is 0 Å². The van der Waals surface area contributed by atoms with E-state index in [1.807, 2.05) is 0 Å². The molecule has 14 heteroatoms. The third-order valence-corrected chi connectivity index (χ3v) is 9.49. The predicted molar refractivity (Wildman–Crippen MR) is 155 cm³/mol. The van der Waals surface area contributed by atoms with Crippen LogP contribution >= 0.6 is 23.1 Å². The largest absolute Gasteiger partial charge is 0.477 e. The van der Waals surface area contributed by atoms with Gasteiger partial charge in [-0.25, -0.2) is 9.78 Å². The van der Waals surface area contributed by atoms with E-state index in [1.54, 1.807) is 0 Å². The normalized spacial score (nSPS) is 23.4. The van der Waals surface area contributed by atoms with E-state index < -0.39 is 29.2 Å². The minimum Gasteiger partial charge on any atom is -0.477 e. The Hall–Kier alpha value is -2.94. The first-order valence-electron chi connectivity index (χ1n) is 13.6. The lowest BCUT2D eigenvalue weighted by Crippen LogP contribution is -2.71. The molecule has 40 heavy (non-hydrogen) atoms. The summed E-state index contributed by atoms with van der Waals surface area (Å²) < 4.78 is 0. The number of carbonyl (C=O) groups excluding carboxylic acids is 2. The summed E-state index contributed by atoms with van der Waals surface area (Å²) in [6.07, 6.45) is 12.8. The predicted octanol–water partition coefficient (Wildman–Crippen LogP) is 1.88. The summed E-state index contributed by atoms with van der Waals surface area (Å²) in [5, 5.41) is 32.2. The number of nitrogen functional groups attached to an aromatic ring is 1. The van der Waals surface area contributed by atoms with E-state index in [4.69, 9.17) is 10.9 Å². The van der Waals surface area contributed by atoms with Gasteiger partial charge in [-0.05, 0) is 31.3 Å². The topological polar surface area (TPSA) is 182 Å². The van der Waals surface area contributed by atoms with Crippen LogP contribution < -0.4 is 21.7 Å². The van der Waals surface area contributed by atoms with Crippen LogP contribution in [0.5, 0.6) is 0 Å². The summed E-state index contributed by atoms with van der Waals surface area (Å²) in [7, 11) is 0. The van der Waals surface area contributed by atoms with E-state index >= 15 is 0 Å². The highest BCUT2D eigenvalue weighted by molar-refractivity contribution is 8.00. The van der Waals surface area contributed by atoms with Crippen molar-refractivity contribution in [3.8, 4) is 0 Å². The molecule has 0 bridgehead atoms. The average Bonchev–Trinajstić information content (AvgIpc) is 3.74. The minimum absolute atomic E-state index is 0.0764. The Morgan fingerprint density at radius 3 is 2.23 bits per heavy atom. The van der Waals surface area contributed by atoms with Crippen molar-refractivity contribution in [2.75, 3.05) is 24.6 Å². The first-order valence-corrected chi connectivity index (χ1v) is 15.5. The second-order valence-electron chi connectivity index (χ2n) is 10.1. The molecule has 12 nitrogen and oxygen atoms in total. The summed E-state index contributed by atoms with van der Waals surface area (Å²) in [6, 6.07) is 0.724. The molecule has 4 aliphatic rings. The zero-order valence-corrected chi connectivity index (χ0v) is 23.9. The molecule has 1 aromatic heterocycles. The molecule has 7 N–H and O–H groups in total. The molecule has 2 amide bonds. The fourth-order valence-corrected chi connectivity index (χ4v) is 7.32. The molecular formula is C26H37N7O5S2. The molecule has 1 aromatic rings. The van der Waals surface area contributed by atoms with E-state index in [-0.39, 0.29) is 22.2 Å². The van der Waals surface area contributed by atoms with Crippen LogP contribution in [-0.4, -0.2) is 86.0 Å². The van der Waals surface area contributed by atoms with E-state index in [0.717, 1.165) is 28.3 Å². The Morgan fingerprint density at radius 2 is 1.75 bits per heavy atom. The number of aliphatic carboxylic acids is 1. The number of rotatable bonds is 10. The van der Waals surface area contributed by atoms with Gasteiger partial charge in [0.05, 0.1) is 0 Å². The van der Waals surface area contributed by atoms with Crippen LogP contribution in [0.2, 0.25) is 0 Å². The molecule has 2 aliphatic carbocycles. The average molecular weight is 592 g/mol. The zero-order chi connectivity index (χ0) is 28.6. The number of amides is 2. The number of allylic oxidation sites excluding steroid dienone is 1. The zero-order valence-electron chi connectivity index (χ0n) is 22.3. The standard InChI is InChI=1S/C14H13N5O5S2.C12H24N2/c1-2-5-3-25-12-8(11(21)19(12)9(5)13(22)23)17-10(20)7(18-24)6-4-26-14(15)16-6;1-2-6-11(5-1)13-9-10-14-12-7-3-4-8-12/h2,4,8,12,24H,1,3H2,(H2,15,16)(H,17,20)(H,22,23);11-14H,1-10H2/b18-7-;/t8-,12-;/m1./s1. The lowest BCUT2D eigenvalue weighted by molar-refractivity contribution is -0.150. The number of nitrogens with one attached hydrogen (secondary N) is 3. The number of hydrogen-bond donors (Lipinski definition) is 6. The second-order valence-corrected chi connectivity index (χ2v) is 12.1. The second kappa shape index (κ2) is 14.1. The number of thioether (sulfide) groups is 1. The van der Waals surface area contributed by atoms with Gasteiger partial charge in [-0.3, -0.25) is 14.5 Å². The lowest BCUT2D eigenvalue weighted by atomic mass is 10.0. The van der Waals surface area contributed by atoms with Crippen LogP contribution in [0.4, 0.5) is 5.13 Å². The van der Waals surface area contributed by atoms with Gasteiger partial charge in [-0.15, -0.1) is 23.1 Å². The van der Waals surface area contributed by atoms with Gasteiger partial charge in [-0.2, -0.15) is 0 Å². The first kappa shape index (κ1) is 30.0. The van der Waals surface area contributed by atoms with Crippen LogP contribution in [0.15, 0.2) is 34.5 Å². The maximum Gasteiger partial charge on any atom is 0.352 e. The van der Waals surface area contributed by atoms with Crippen molar-refractivity contribution in [2.24, 2.45) is 5.16 Å². The van der Waals surface area contributed by atoms with Gasteiger partial charge in [0.1, 0.15) is 22.8 Å². The molecule has 5 rings (SSSR count). The highest BCUT2D eigenvalue weighted by atomic mass is 32.2. The number of carbonyl (C=O) groups is 3. The number of nitrogens with two attached hydrogens (primary N) is 1. The van der Waals surface area contributed by atoms with Crippen molar-refractivity contribution in [3.63, 3.8) is 0 Å². The molecule has 1 saturated heterocycles. The Kier molecular flexibility index (Phi) is 10.6. The van der Waals surface area contributed by atoms with Crippen molar-refractivity contribution in [3.05, 3.63) is 35.0 Å². The molecule has 2 saturated carbocycles. The number of thiazole rings is 1. The van der Waals surface area contributed by atoms with Crippen molar-refractivity contribution in [1.82, 2.24) is 25.8 Å². The molecule has 218 valence electrons. The van der Waals surface area contributed by atoms with Gasteiger partial charge in [-0.1, -0.05) is 43.5 Å². The van der Waals surface area contributed by atoms with Gasteiger partial charge < -0.3 is 32.0 Å². The fourth-order valence-electron chi connectivity index (χ4n) is 5.43. The Balaban J connectivity index is 0.000000222. The van der Waals surface area contributed by atoms with E-state index in [9.17, 15) is 19.5 Å². The van der Waals surface area contributed by atoms with Gasteiger partial charge in [0.15, 0.2) is 10.8 Å². The Bertz CT molecular complexity index is 1140. The maximum atomic E-state index is 12.4. The van der Waals surface area contributed by atoms with Crippen molar-refractivity contribution >= 4 is 51.7 Å². The molecule has 3 heterocycles. The molecular weight excluding hydrogens is 554 g/mol. The molecule has 3 fully saturated rings. The monoisotopic (exact) mass is 591 g/mol. The van der Waals surface area contributed by atoms with Gasteiger partial charge in [0.25, 0.3) is 11.8 Å². The van der Waals surface area contributed by atoms with Crippen molar-refractivity contribution in [2.45, 2.75) is 74.9 Å². The molecule has 2 aliphatic heterocycles. The molecule has 0 radical (unpaired) electrons. The number of oxime groups is 1. The maximum absolute atomic E-state index is 12.4. The third kappa shape index (κ3) is 7.03. The Labute approximate surface area is 241 Å². The number of β-lactam (4-membered cyclic amide) rings is 1. The van der Waals surface area contributed by atoms with Crippen LogP contribution in [-0.2, 0) is 14.4 Å². The quantitative estimate of drug-likeness (QED) is 0.0772.